The number of ketones is 1. The van der Waals surface area contributed by atoms with Crippen molar-refractivity contribution in [2.24, 2.45) is 5.92 Å². The molecule has 0 saturated heterocycles. The Morgan fingerprint density at radius 3 is 2.76 bits per heavy atom. The molecule has 1 unspecified atom stereocenters. The van der Waals surface area contributed by atoms with Crippen LogP contribution in [0.25, 0.3) is 0 Å². The summed E-state index contributed by atoms with van der Waals surface area (Å²) in [4.78, 5) is 11.5. The first-order chi connectivity index (χ1) is 8.25. The van der Waals surface area contributed by atoms with Crippen LogP contribution in [-0.2, 0) is 16.1 Å². The number of hydrogen-bond donors (Lipinski definition) is 1. The van der Waals surface area contributed by atoms with Crippen LogP contribution < -0.4 is 0 Å². The van der Waals surface area contributed by atoms with Gasteiger partial charge in [-0.2, -0.15) is 0 Å². The van der Waals surface area contributed by atoms with E-state index in [0.29, 0.717) is 26.1 Å². The fourth-order valence-corrected chi connectivity index (χ4v) is 1.88. The van der Waals surface area contributed by atoms with Gasteiger partial charge in [-0.3, -0.25) is 4.79 Å². The van der Waals surface area contributed by atoms with Crippen LogP contribution in [0, 0.1) is 5.92 Å². The molecule has 90 valence electrons. The van der Waals surface area contributed by atoms with Gasteiger partial charge in [0.2, 0.25) is 0 Å². The summed E-state index contributed by atoms with van der Waals surface area (Å²) in [5.74, 6) is 0.0609. The molecule has 1 aliphatic carbocycles. The van der Waals surface area contributed by atoms with E-state index in [1.54, 1.807) is 0 Å². The molecular weight excluding hydrogens is 216 g/mol. The van der Waals surface area contributed by atoms with E-state index in [4.69, 9.17) is 4.74 Å². The fraction of sp³-hybridized carbons (Fsp3) is 0.357. The van der Waals surface area contributed by atoms with Crippen molar-refractivity contribution in [3.05, 3.63) is 47.7 Å². The van der Waals surface area contributed by atoms with Crippen molar-refractivity contribution in [3.63, 3.8) is 0 Å². The third kappa shape index (κ3) is 3.43. The van der Waals surface area contributed by atoms with E-state index >= 15 is 0 Å². The summed E-state index contributed by atoms with van der Waals surface area (Å²) in [5, 5.41) is 9.20. The number of hydrogen-bond acceptors (Lipinski definition) is 3. The molecule has 3 nitrogen and oxygen atoms in total. The van der Waals surface area contributed by atoms with Crippen LogP contribution in [0.4, 0.5) is 0 Å². The van der Waals surface area contributed by atoms with E-state index in [9.17, 15) is 9.90 Å². The predicted octanol–water partition coefficient (Wildman–Crippen LogP) is 2.62. The minimum atomic E-state index is -0.102. The first-order valence-corrected chi connectivity index (χ1v) is 5.81. The Kier molecular flexibility index (Phi) is 3.94. The maximum atomic E-state index is 11.5. The molecule has 0 bridgehead atoms. The predicted molar refractivity (Wildman–Crippen MR) is 64.5 cm³/mol. The number of ether oxygens (including phenoxy) is 1. The summed E-state index contributed by atoms with van der Waals surface area (Å²) in [6.45, 7) is 0.956. The summed E-state index contributed by atoms with van der Waals surface area (Å²) in [7, 11) is 0. The van der Waals surface area contributed by atoms with Crippen molar-refractivity contribution in [3.8, 4) is 0 Å². The van der Waals surface area contributed by atoms with Gasteiger partial charge in [0.05, 0.1) is 19.0 Å². The van der Waals surface area contributed by atoms with Gasteiger partial charge in [0.1, 0.15) is 0 Å². The molecule has 0 amide bonds. The van der Waals surface area contributed by atoms with Crippen molar-refractivity contribution in [1.82, 2.24) is 0 Å². The van der Waals surface area contributed by atoms with E-state index in [-0.39, 0.29) is 17.5 Å². The first kappa shape index (κ1) is 11.9. The van der Waals surface area contributed by atoms with Gasteiger partial charge < -0.3 is 9.84 Å². The second kappa shape index (κ2) is 5.64. The summed E-state index contributed by atoms with van der Waals surface area (Å²) < 4.78 is 5.53. The van der Waals surface area contributed by atoms with Gasteiger partial charge >= 0.3 is 0 Å². The van der Waals surface area contributed by atoms with E-state index < -0.39 is 0 Å². The van der Waals surface area contributed by atoms with Gasteiger partial charge in [-0.1, -0.05) is 30.3 Å². The summed E-state index contributed by atoms with van der Waals surface area (Å²) >= 11 is 0. The molecule has 17 heavy (non-hydrogen) atoms. The highest BCUT2D eigenvalue weighted by atomic mass is 16.5. The molecule has 0 heterocycles. The fourth-order valence-electron chi connectivity index (χ4n) is 1.88. The number of carbonyl (C=O) groups is 1. The maximum Gasteiger partial charge on any atom is 0.164 e. The van der Waals surface area contributed by atoms with Crippen molar-refractivity contribution >= 4 is 5.78 Å². The zero-order chi connectivity index (χ0) is 12.1. The normalized spacial score (nSPS) is 20.1. The number of benzene rings is 1. The van der Waals surface area contributed by atoms with Gasteiger partial charge in [0.15, 0.2) is 5.78 Å². The standard InChI is InChI=1S/C14H16O3/c15-13-7-6-12(14(16)8-13)10-17-9-11-4-2-1-3-5-11/h1-5,8,12,15H,6-7,9-10H2. The van der Waals surface area contributed by atoms with Crippen LogP contribution in [0.3, 0.4) is 0 Å². The van der Waals surface area contributed by atoms with Crippen LogP contribution in [0.1, 0.15) is 18.4 Å². The third-order valence-corrected chi connectivity index (χ3v) is 2.89. The van der Waals surface area contributed by atoms with Gasteiger partial charge in [0, 0.05) is 18.4 Å². The van der Waals surface area contributed by atoms with Gasteiger partial charge in [-0.25, -0.2) is 0 Å². The minimum absolute atomic E-state index is 0.0261. The lowest BCUT2D eigenvalue weighted by molar-refractivity contribution is -0.121. The van der Waals surface area contributed by atoms with Crippen molar-refractivity contribution in [2.45, 2.75) is 19.4 Å². The Morgan fingerprint density at radius 2 is 2.06 bits per heavy atom. The molecule has 1 atom stereocenters. The number of aliphatic hydroxyl groups excluding tert-OH is 1. The SMILES string of the molecule is O=C1C=C(O)CCC1COCc1ccccc1. The number of rotatable bonds is 4. The van der Waals surface area contributed by atoms with Crippen molar-refractivity contribution in [1.29, 1.82) is 0 Å². The minimum Gasteiger partial charge on any atom is -0.512 e. The van der Waals surface area contributed by atoms with Gasteiger partial charge in [0.25, 0.3) is 0 Å². The summed E-state index contributed by atoms with van der Waals surface area (Å²) in [6, 6.07) is 9.88. The largest absolute Gasteiger partial charge is 0.512 e. The number of aliphatic hydroxyl groups is 1. The molecule has 0 spiro atoms. The number of carbonyl (C=O) groups excluding carboxylic acids is 1. The van der Waals surface area contributed by atoms with Crippen molar-refractivity contribution < 1.29 is 14.6 Å². The average Bonchev–Trinajstić information content (AvgIpc) is 2.33. The molecular formula is C14H16O3. The lowest BCUT2D eigenvalue weighted by atomic mass is 9.93. The second-order valence-corrected chi connectivity index (χ2v) is 4.27. The molecule has 1 aliphatic rings. The van der Waals surface area contributed by atoms with E-state index in [2.05, 4.69) is 0 Å². The molecule has 1 N–H and O–H groups in total. The molecule has 0 aliphatic heterocycles. The Bertz CT molecular complexity index is 409. The third-order valence-electron chi connectivity index (χ3n) is 2.89. The quantitative estimate of drug-likeness (QED) is 0.868. The maximum absolute atomic E-state index is 11.5. The van der Waals surface area contributed by atoms with Crippen LogP contribution in [0.15, 0.2) is 42.2 Å². The molecule has 0 fully saturated rings. The Balaban J connectivity index is 1.78. The highest BCUT2D eigenvalue weighted by Crippen LogP contribution is 2.19. The molecule has 2 rings (SSSR count). The van der Waals surface area contributed by atoms with E-state index in [0.717, 1.165) is 5.56 Å². The molecule has 0 saturated carbocycles. The van der Waals surface area contributed by atoms with Crippen molar-refractivity contribution in [2.75, 3.05) is 6.61 Å². The first-order valence-electron chi connectivity index (χ1n) is 5.81. The zero-order valence-electron chi connectivity index (χ0n) is 9.63. The van der Waals surface area contributed by atoms with Crippen LogP contribution >= 0.6 is 0 Å². The van der Waals surface area contributed by atoms with Crippen LogP contribution in [0.5, 0.6) is 0 Å². The van der Waals surface area contributed by atoms with Gasteiger partial charge in [-0.05, 0) is 12.0 Å². The lowest BCUT2D eigenvalue weighted by Crippen LogP contribution is -2.22. The Hall–Kier alpha value is -1.61. The monoisotopic (exact) mass is 232 g/mol. The topological polar surface area (TPSA) is 46.5 Å². The Labute approximate surface area is 101 Å². The average molecular weight is 232 g/mol. The number of allylic oxidation sites excluding steroid dienone is 2. The highest BCUT2D eigenvalue weighted by Gasteiger charge is 2.22. The molecule has 3 heteroatoms. The zero-order valence-corrected chi connectivity index (χ0v) is 9.63. The summed E-state index contributed by atoms with van der Waals surface area (Å²) in [5.41, 5.74) is 1.11. The van der Waals surface area contributed by atoms with Crippen LogP contribution in [0.2, 0.25) is 0 Å². The van der Waals surface area contributed by atoms with Gasteiger partial charge in [-0.15, -0.1) is 0 Å². The molecule has 0 radical (unpaired) electrons. The highest BCUT2D eigenvalue weighted by molar-refractivity contribution is 5.92. The smallest absolute Gasteiger partial charge is 0.164 e. The van der Waals surface area contributed by atoms with E-state index in [1.165, 1.54) is 6.08 Å². The Morgan fingerprint density at radius 1 is 1.29 bits per heavy atom. The summed E-state index contributed by atoms with van der Waals surface area (Å²) in [6.07, 6.45) is 2.57. The van der Waals surface area contributed by atoms with Crippen LogP contribution in [-0.4, -0.2) is 17.5 Å². The molecule has 0 aromatic heterocycles. The molecule has 1 aromatic carbocycles. The van der Waals surface area contributed by atoms with E-state index in [1.807, 2.05) is 30.3 Å². The molecule has 1 aromatic rings. The second-order valence-electron chi connectivity index (χ2n) is 4.27. The lowest BCUT2D eigenvalue weighted by Gasteiger charge is -2.18.